The summed E-state index contributed by atoms with van der Waals surface area (Å²) >= 11 is 0. The zero-order chi connectivity index (χ0) is 18.6. The average molecular weight is 370 g/mol. The number of hydrogen-bond acceptors (Lipinski definition) is 4. The molecular weight excluding hydrogens is 352 g/mol. The van der Waals surface area contributed by atoms with Crippen LogP contribution in [0.3, 0.4) is 0 Å². The maximum Gasteiger partial charge on any atom is 0.328 e. The highest BCUT2D eigenvalue weighted by Gasteiger charge is 2.17. The first-order valence-corrected chi connectivity index (χ1v) is 9.41. The van der Waals surface area contributed by atoms with Crippen molar-refractivity contribution in [3.8, 4) is 5.75 Å². The SMILES string of the molecule is CNC(=O)NS(=O)(=O)c1cccc(COc2ccc3ccccc3c2)c1. The van der Waals surface area contributed by atoms with Gasteiger partial charge in [-0.1, -0.05) is 42.5 Å². The van der Waals surface area contributed by atoms with Crippen LogP contribution in [0.25, 0.3) is 10.8 Å². The lowest BCUT2D eigenvalue weighted by atomic mass is 10.1. The number of benzene rings is 3. The van der Waals surface area contributed by atoms with E-state index in [0.717, 1.165) is 10.8 Å². The molecule has 2 amide bonds. The van der Waals surface area contributed by atoms with E-state index in [2.05, 4.69) is 5.32 Å². The van der Waals surface area contributed by atoms with Crippen LogP contribution in [0.4, 0.5) is 4.79 Å². The van der Waals surface area contributed by atoms with Crippen LogP contribution in [0.15, 0.2) is 71.6 Å². The monoisotopic (exact) mass is 370 g/mol. The van der Waals surface area contributed by atoms with E-state index in [9.17, 15) is 13.2 Å². The van der Waals surface area contributed by atoms with Crippen molar-refractivity contribution in [2.45, 2.75) is 11.5 Å². The van der Waals surface area contributed by atoms with Crippen molar-refractivity contribution < 1.29 is 17.9 Å². The van der Waals surface area contributed by atoms with Gasteiger partial charge >= 0.3 is 6.03 Å². The first-order valence-electron chi connectivity index (χ1n) is 7.93. The topological polar surface area (TPSA) is 84.5 Å². The Morgan fingerprint density at radius 1 is 0.962 bits per heavy atom. The van der Waals surface area contributed by atoms with Crippen LogP contribution in [0, 0.1) is 0 Å². The second kappa shape index (κ2) is 7.45. The minimum Gasteiger partial charge on any atom is -0.489 e. The van der Waals surface area contributed by atoms with Crippen molar-refractivity contribution in [2.24, 2.45) is 0 Å². The van der Waals surface area contributed by atoms with Gasteiger partial charge in [-0.2, -0.15) is 0 Å². The van der Waals surface area contributed by atoms with Gasteiger partial charge in [0.15, 0.2) is 0 Å². The van der Waals surface area contributed by atoms with Crippen LogP contribution in [-0.4, -0.2) is 21.5 Å². The highest BCUT2D eigenvalue weighted by molar-refractivity contribution is 7.90. The predicted molar refractivity (Wildman–Crippen MR) is 99.5 cm³/mol. The number of hydrogen-bond donors (Lipinski definition) is 2. The first kappa shape index (κ1) is 17.8. The van der Waals surface area contributed by atoms with Gasteiger partial charge in [-0.15, -0.1) is 0 Å². The molecule has 0 spiro atoms. The highest BCUT2D eigenvalue weighted by Crippen LogP contribution is 2.22. The van der Waals surface area contributed by atoms with Gasteiger partial charge in [0.2, 0.25) is 0 Å². The number of sulfonamides is 1. The number of fused-ring (bicyclic) bond motifs is 1. The maximum atomic E-state index is 12.2. The zero-order valence-electron chi connectivity index (χ0n) is 14.1. The fourth-order valence-electron chi connectivity index (χ4n) is 2.46. The molecule has 0 atom stereocenters. The molecule has 0 fully saturated rings. The first-order chi connectivity index (χ1) is 12.5. The molecule has 6 nitrogen and oxygen atoms in total. The van der Waals surface area contributed by atoms with Gasteiger partial charge < -0.3 is 10.1 Å². The van der Waals surface area contributed by atoms with Gasteiger partial charge in [-0.3, -0.25) is 0 Å². The second-order valence-electron chi connectivity index (χ2n) is 5.63. The number of rotatable bonds is 5. The van der Waals surface area contributed by atoms with Gasteiger partial charge in [0.05, 0.1) is 4.90 Å². The van der Waals surface area contributed by atoms with E-state index in [-0.39, 0.29) is 11.5 Å². The van der Waals surface area contributed by atoms with E-state index in [1.165, 1.54) is 19.2 Å². The van der Waals surface area contributed by atoms with Crippen LogP contribution in [0.1, 0.15) is 5.56 Å². The Morgan fingerprint density at radius 3 is 2.50 bits per heavy atom. The van der Waals surface area contributed by atoms with Gasteiger partial charge in [-0.25, -0.2) is 17.9 Å². The smallest absolute Gasteiger partial charge is 0.328 e. The molecule has 0 aliphatic heterocycles. The minimum absolute atomic E-state index is 0.000659. The largest absolute Gasteiger partial charge is 0.489 e. The molecule has 0 saturated carbocycles. The lowest BCUT2D eigenvalue weighted by Crippen LogP contribution is -2.37. The molecule has 3 aromatic rings. The quantitative estimate of drug-likeness (QED) is 0.723. The van der Waals surface area contributed by atoms with Gasteiger partial charge in [0.25, 0.3) is 10.0 Å². The number of carbonyl (C=O) groups is 1. The Morgan fingerprint density at radius 2 is 1.73 bits per heavy atom. The standard InChI is InChI=1S/C19H18N2O4S/c1-20-19(22)21-26(23,24)18-8-4-5-14(11-18)13-25-17-10-9-15-6-2-3-7-16(15)12-17/h2-12H,13H2,1H3,(H2,20,21,22). The summed E-state index contributed by atoms with van der Waals surface area (Å²) in [6, 6.07) is 19.2. The van der Waals surface area contributed by atoms with Crippen LogP contribution in [0.2, 0.25) is 0 Å². The van der Waals surface area contributed by atoms with Crippen molar-refractivity contribution in [3.63, 3.8) is 0 Å². The maximum absolute atomic E-state index is 12.2. The fourth-order valence-corrected chi connectivity index (χ4v) is 3.49. The molecule has 7 heteroatoms. The summed E-state index contributed by atoms with van der Waals surface area (Å²) in [5, 5.41) is 4.40. The molecule has 0 bridgehead atoms. The summed E-state index contributed by atoms with van der Waals surface area (Å²) in [6.07, 6.45) is 0. The van der Waals surface area contributed by atoms with Crippen molar-refractivity contribution in [2.75, 3.05) is 7.05 Å². The molecule has 0 radical (unpaired) electrons. The van der Waals surface area contributed by atoms with E-state index in [0.29, 0.717) is 11.3 Å². The summed E-state index contributed by atoms with van der Waals surface area (Å²) in [5.41, 5.74) is 0.679. The molecule has 0 unspecified atom stereocenters. The molecule has 3 rings (SSSR count). The Labute approximate surface area is 151 Å². The highest BCUT2D eigenvalue weighted by atomic mass is 32.2. The van der Waals surface area contributed by atoms with Crippen molar-refractivity contribution in [1.82, 2.24) is 10.0 Å². The molecule has 134 valence electrons. The summed E-state index contributed by atoms with van der Waals surface area (Å²) < 4.78 is 32.0. The average Bonchev–Trinajstić information content (AvgIpc) is 2.66. The third-order valence-corrected chi connectivity index (χ3v) is 5.12. The Hall–Kier alpha value is -3.06. The molecule has 0 aliphatic carbocycles. The van der Waals surface area contributed by atoms with Crippen molar-refractivity contribution in [3.05, 3.63) is 72.3 Å². The molecular formula is C19H18N2O4S. The normalized spacial score (nSPS) is 11.1. The predicted octanol–water partition coefficient (Wildman–Crippen LogP) is 3.04. The van der Waals surface area contributed by atoms with Crippen LogP contribution in [0.5, 0.6) is 5.75 Å². The molecule has 0 heterocycles. The number of ether oxygens (including phenoxy) is 1. The minimum atomic E-state index is -3.92. The summed E-state index contributed by atoms with van der Waals surface area (Å²) in [6.45, 7) is 0.210. The number of amides is 2. The number of carbonyl (C=O) groups excluding carboxylic acids is 1. The molecule has 2 N–H and O–H groups in total. The summed E-state index contributed by atoms with van der Waals surface area (Å²) in [7, 11) is -2.58. The molecule has 0 saturated heterocycles. The van der Waals surface area contributed by atoms with Crippen LogP contribution < -0.4 is 14.8 Å². The third-order valence-electron chi connectivity index (χ3n) is 3.79. The fraction of sp³-hybridized carbons (Fsp3) is 0.105. The lowest BCUT2D eigenvalue weighted by Gasteiger charge is -2.10. The van der Waals surface area contributed by atoms with Crippen LogP contribution >= 0.6 is 0 Å². The van der Waals surface area contributed by atoms with E-state index in [4.69, 9.17) is 4.74 Å². The Kier molecular flexibility index (Phi) is 5.09. The van der Waals surface area contributed by atoms with E-state index < -0.39 is 16.1 Å². The summed E-state index contributed by atoms with van der Waals surface area (Å²) in [5.74, 6) is 0.695. The summed E-state index contributed by atoms with van der Waals surface area (Å²) in [4.78, 5) is 11.3. The van der Waals surface area contributed by atoms with E-state index in [1.54, 1.807) is 12.1 Å². The Bertz CT molecular complexity index is 1050. The zero-order valence-corrected chi connectivity index (χ0v) is 14.9. The molecule has 3 aromatic carbocycles. The molecule has 26 heavy (non-hydrogen) atoms. The van der Waals surface area contributed by atoms with E-state index in [1.807, 2.05) is 47.2 Å². The van der Waals surface area contributed by atoms with Crippen LogP contribution in [-0.2, 0) is 16.6 Å². The molecule has 0 aromatic heterocycles. The second-order valence-corrected chi connectivity index (χ2v) is 7.31. The third kappa shape index (κ3) is 4.12. The molecule has 0 aliphatic rings. The van der Waals surface area contributed by atoms with Gasteiger partial charge in [-0.05, 0) is 40.6 Å². The lowest BCUT2D eigenvalue weighted by molar-refractivity contribution is 0.248. The van der Waals surface area contributed by atoms with Gasteiger partial charge in [0.1, 0.15) is 12.4 Å². The van der Waals surface area contributed by atoms with E-state index >= 15 is 0 Å². The number of urea groups is 1. The van der Waals surface area contributed by atoms with Crippen molar-refractivity contribution in [1.29, 1.82) is 0 Å². The van der Waals surface area contributed by atoms with Gasteiger partial charge in [0, 0.05) is 7.05 Å². The Balaban J connectivity index is 1.75. The number of nitrogens with one attached hydrogen (secondary N) is 2. The van der Waals surface area contributed by atoms with Crippen molar-refractivity contribution >= 4 is 26.8 Å².